The van der Waals surface area contributed by atoms with Crippen molar-refractivity contribution >= 4 is 0 Å². The van der Waals surface area contributed by atoms with Gasteiger partial charge in [-0.15, -0.1) is 0 Å². The molecule has 11 heavy (non-hydrogen) atoms. The van der Waals surface area contributed by atoms with Crippen molar-refractivity contribution in [1.29, 1.82) is 0 Å². The summed E-state index contributed by atoms with van der Waals surface area (Å²) < 4.78 is 0. The van der Waals surface area contributed by atoms with Crippen LogP contribution >= 0.6 is 0 Å². The fourth-order valence-electron chi connectivity index (χ4n) is 1.93. The maximum absolute atomic E-state index is 3.98. The topological polar surface area (TPSA) is 0 Å². The summed E-state index contributed by atoms with van der Waals surface area (Å²) in [5.41, 5.74) is 2.83. The molecule has 0 bridgehead atoms. The predicted molar refractivity (Wildman–Crippen MR) is 50.5 cm³/mol. The first-order valence-corrected chi connectivity index (χ1v) is 4.47. The van der Waals surface area contributed by atoms with Crippen molar-refractivity contribution in [2.45, 2.75) is 33.6 Å². The standard InChI is InChI=1S/C11H18/c1-8(2)11-6-5-9(3)7-10(11)4/h7-8,11H,3,5-6H2,1-2,4H3. The molecule has 0 radical (unpaired) electrons. The second-order valence-corrected chi connectivity index (χ2v) is 3.94. The molecule has 0 saturated heterocycles. The second kappa shape index (κ2) is 3.25. The summed E-state index contributed by atoms with van der Waals surface area (Å²) in [7, 11) is 0. The Morgan fingerprint density at radius 1 is 1.55 bits per heavy atom. The maximum atomic E-state index is 3.98. The SMILES string of the molecule is C=C1C=C(C)C(C(C)C)CC1. The van der Waals surface area contributed by atoms with Gasteiger partial charge in [0.25, 0.3) is 0 Å². The van der Waals surface area contributed by atoms with Crippen LogP contribution in [0.5, 0.6) is 0 Å². The predicted octanol–water partition coefficient (Wildman–Crippen LogP) is 3.55. The lowest BCUT2D eigenvalue weighted by atomic mass is 9.80. The summed E-state index contributed by atoms with van der Waals surface area (Å²) in [5, 5.41) is 0. The lowest BCUT2D eigenvalue weighted by Gasteiger charge is -2.26. The minimum atomic E-state index is 0.791. The van der Waals surface area contributed by atoms with E-state index in [2.05, 4.69) is 33.4 Å². The van der Waals surface area contributed by atoms with Gasteiger partial charge in [-0.1, -0.05) is 37.6 Å². The third-order valence-electron chi connectivity index (χ3n) is 2.60. The third-order valence-corrected chi connectivity index (χ3v) is 2.60. The van der Waals surface area contributed by atoms with E-state index in [1.165, 1.54) is 24.0 Å². The van der Waals surface area contributed by atoms with Crippen molar-refractivity contribution in [1.82, 2.24) is 0 Å². The molecule has 0 aromatic heterocycles. The number of hydrogen-bond acceptors (Lipinski definition) is 0. The van der Waals surface area contributed by atoms with Gasteiger partial charge in [0, 0.05) is 0 Å². The average molecular weight is 150 g/mol. The van der Waals surface area contributed by atoms with Crippen LogP contribution in [0.25, 0.3) is 0 Å². The van der Waals surface area contributed by atoms with Crippen molar-refractivity contribution in [3.63, 3.8) is 0 Å². The summed E-state index contributed by atoms with van der Waals surface area (Å²) in [6.07, 6.45) is 4.76. The molecule has 0 fully saturated rings. The fourth-order valence-corrected chi connectivity index (χ4v) is 1.93. The van der Waals surface area contributed by atoms with Crippen LogP contribution in [0.3, 0.4) is 0 Å². The first-order valence-electron chi connectivity index (χ1n) is 4.47. The van der Waals surface area contributed by atoms with E-state index >= 15 is 0 Å². The van der Waals surface area contributed by atoms with Gasteiger partial charge in [-0.3, -0.25) is 0 Å². The van der Waals surface area contributed by atoms with Gasteiger partial charge in [0.2, 0.25) is 0 Å². The Bertz CT molecular complexity index is 184. The van der Waals surface area contributed by atoms with Gasteiger partial charge in [0.05, 0.1) is 0 Å². The van der Waals surface area contributed by atoms with Crippen molar-refractivity contribution in [3.05, 3.63) is 23.8 Å². The average Bonchev–Trinajstić information content (AvgIpc) is 1.85. The van der Waals surface area contributed by atoms with E-state index in [1.54, 1.807) is 0 Å². The molecule has 0 aromatic carbocycles. The first-order chi connectivity index (χ1) is 5.11. The van der Waals surface area contributed by atoms with Crippen LogP contribution in [0.2, 0.25) is 0 Å². The van der Waals surface area contributed by atoms with Gasteiger partial charge in [-0.25, -0.2) is 0 Å². The summed E-state index contributed by atoms with van der Waals surface area (Å²) in [4.78, 5) is 0. The van der Waals surface area contributed by atoms with E-state index in [9.17, 15) is 0 Å². The maximum Gasteiger partial charge on any atom is -0.0177 e. The molecule has 1 rings (SSSR count). The fraction of sp³-hybridized carbons (Fsp3) is 0.636. The number of allylic oxidation sites excluding steroid dienone is 3. The van der Waals surface area contributed by atoms with E-state index in [0.717, 1.165) is 11.8 Å². The number of hydrogen-bond donors (Lipinski definition) is 0. The molecule has 0 aromatic rings. The van der Waals surface area contributed by atoms with Crippen molar-refractivity contribution in [2.75, 3.05) is 0 Å². The largest absolute Gasteiger partial charge is 0.0958 e. The molecule has 0 saturated carbocycles. The van der Waals surface area contributed by atoms with E-state index in [4.69, 9.17) is 0 Å². The molecule has 1 unspecified atom stereocenters. The highest BCUT2D eigenvalue weighted by molar-refractivity contribution is 5.25. The van der Waals surface area contributed by atoms with Gasteiger partial charge in [0.15, 0.2) is 0 Å². The second-order valence-electron chi connectivity index (χ2n) is 3.94. The lowest BCUT2D eigenvalue weighted by Crippen LogP contribution is -2.13. The molecule has 0 heteroatoms. The molecule has 0 heterocycles. The van der Waals surface area contributed by atoms with Gasteiger partial charge in [-0.2, -0.15) is 0 Å². The van der Waals surface area contributed by atoms with Crippen LogP contribution in [0.4, 0.5) is 0 Å². The summed E-state index contributed by atoms with van der Waals surface area (Å²) in [5.74, 6) is 1.60. The monoisotopic (exact) mass is 150 g/mol. The van der Waals surface area contributed by atoms with Gasteiger partial charge in [-0.05, 0) is 31.6 Å². The molecule has 0 N–H and O–H groups in total. The zero-order chi connectivity index (χ0) is 8.43. The Morgan fingerprint density at radius 3 is 2.64 bits per heavy atom. The molecule has 1 aliphatic carbocycles. The first kappa shape index (κ1) is 8.58. The molecule has 62 valence electrons. The Labute approximate surface area is 70.0 Å². The van der Waals surface area contributed by atoms with Crippen LogP contribution in [0.1, 0.15) is 33.6 Å². The molecular weight excluding hydrogens is 132 g/mol. The van der Waals surface area contributed by atoms with Crippen LogP contribution in [0.15, 0.2) is 23.8 Å². The highest BCUT2D eigenvalue weighted by Gasteiger charge is 2.18. The smallest absolute Gasteiger partial charge is 0.0177 e. The molecule has 0 amide bonds. The molecule has 1 atom stereocenters. The van der Waals surface area contributed by atoms with Crippen LogP contribution in [-0.2, 0) is 0 Å². The Morgan fingerprint density at radius 2 is 2.18 bits per heavy atom. The zero-order valence-electron chi connectivity index (χ0n) is 7.85. The highest BCUT2D eigenvalue weighted by atomic mass is 14.2. The lowest BCUT2D eigenvalue weighted by molar-refractivity contribution is 0.407. The quantitative estimate of drug-likeness (QED) is 0.536. The van der Waals surface area contributed by atoms with Crippen molar-refractivity contribution < 1.29 is 0 Å². The van der Waals surface area contributed by atoms with Crippen LogP contribution in [-0.4, -0.2) is 0 Å². The molecule has 0 aliphatic heterocycles. The minimum absolute atomic E-state index is 0.791. The van der Waals surface area contributed by atoms with Crippen molar-refractivity contribution in [2.24, 2.45) is 11.8 Å². The Balaban J connectivity index is 2.72. The van der Waals surface area contributed by atoms with Gasteiger partial charge >= 0.3 is 0 Å². The normalized spacial score (nSPS) is 25.6. The Hall–Kier alpha value is -0.520. The Kier molecular flexibility index (Phi) is 2.53. The van der Waals surface area contributed by atoms with Crippen molar-refractivity contribution in [3.8, 4) is 0 Å². The molecule has 1 aliphatic rings. The van der Waals surface area contributed by atoms with E-state index in [-0.39, 0.29) is 0 Å². The summed E-state index contributed by atoms with van der Waals surface area (Å²) in [6.45, 7) is 10.8. The summed E-state index contributed by atoms with van der Waals surface area (Å²) in [6, 6.07) is 0. The number of rotatable bonds is 1. The van der Waals surface area contributed by atoms with E-state index < -0.39 is 0 Å². The van der Waals surface area contributed by atoms with E-state index in [1.807, 2.05) is 0 Å². The molecule has 0 nitrogen and oxygen atoms in total. The molecular formula is C11H18. The molecule has 0 spiro atoms. The van der Waals surface area contributed by atoms with Gasteiger partial charge in [0.1, 0.15) is 0 Å². The third kappa shape index (κ3) is 1.95. The summed E-state index contributed by atoms with van der Waals surface area (Å²) >= 11 is 0. The zero-order valence-corrected chi connectivity index (χ0v) is 7.85. The minimum Gasteiger partial charge on any atom is -0.0958 e. The van der Waals surface area contributed by atoms with E-state index in [0.29, 0.717) is 0 Å². The van der Waals surface area contributed by atoms with Gasteiger partial charge < -0.3 is 0 Å². The van der Waals surface area contributed by atoms with Crippen LogP contribution in [0, 0.1) is 11.8 Å². The highest BCUT2D eigenvalue weighted by Crippen LogP contribution is 2.31. The van der Waals surface area contributed by atoms with Crippen LogP contribution < -0.4 is 0 Å².